The van der Waals surface area contributed by atoms with E-state index in [2.05, 4.69) is 15.6 Å². The van der Waals surface area contributed by atoms with Crippen molar-refractivity contribution in [2.45, 2.75) is 20.8 Å². The van der Waals surface area contributed by atoms with Crippen LogP contribution in [0.25, 0.3) is 0 Å². The molecule has 0 spiro atoms. The van der Waals surface area contributed by atoms with Crippen LogP contribution in [0.15, 0.2) is 40.3 Å². The SMILES string of the molecule is Cc1cc(C)c(NC(=O)c2coc(NC(=O)c3cccs3)n2)c(C)c1. The summed E-state index contributed by atoms with van der Waals surface area (Å²) in [6.07, 6.45) is 1.22. The quantitative estimate of drug-likeness (QED) is 0.736. The predicted molar refractivity (Wildman–Crippen MR) is 97.4 cm³/mol. The van der Waals surface area contributed by atoms with Gasteiger partial charge in [0.05, 0.1) is 4.88 Å². The number of carbonyl (C=O) groups is 2. The number of nitrogens with one attached hydrogen (secondary N) is 2. The van der Waals surface area contributed by atoms with E-state index in [0.717, 1.165) is 22.4 Å². The standard InChI is InChI=1S/C18H17N3O3S/c1-10-7-11(2)15(12(3)8-10)20-16(22)13-9-24-18(19-13)21-17(23)14-5-4-6-25-14/h4-9H,1-3H3,(H,20,22)(H,19,21,23). The van der Waals surface area contributed by atoms with E-state index in [1.54, 1.807) is 17.5 Å². The number of nitrogens with zero attached hydrogens (tertiary/aromatic N) is 1. The third-order valence-corrected chi connectivity index (χ3v) is 4.49. The van der Waals surface area contributed by atoms with E-state index in [1.807, 2.05) is 32.9 Å². The molecule has 2 amide bonds. The fourth-order valence-corrected chi connectivity index (χ4v) is 3.18. The molecule has 0 bridgehead atoms. The van der Waals surface area contributed by atoms with Crippen LogP contribution in [-0.4, -0.2) is 16.8 Å². The maximum Gasteiger partial charge on any atom is 0.302 e. The van der Waals surface area contributed by atoms with Crippen LogP contribution >= 0.6 is 11.3 Å². The molecule has 6 nitrogen and oxygen atoms in total. The fourth-order valence-electron chi connectivity index (χ4n) is 2.56. The van der Waals surface area contributed by atoms with Gasteiger partial charge in [0, 0.05) is 5.69 Å². The first-order chi connectivity index (χ1) is 11.9. The number of rotatable bonds is 4. The number of aromatic nitrogens is 1. The van der Waals surface area contributed by atoms with Crippen molar-refractivity contribution in [1.82, 2.24) is 4.98 Å². The Morgan fingerprint density at radius 3 is 2.44 bits per heavy atom. The number of hydrogen-bond acceptors (Lipinski definition) is 5. The number of carbonyl (C=O) groups excluding carboxylic acids is 2. The van der Waals surface area contributed by atoms with E-state index < -0.39 is 5.91 Å². The molecule has 0 aliphatic carbocycles. The van der Waals surface area contributed by atoms with Gasteiger partial charge in [-0.25, -0.2) is 0 Å². The molecular weight excluding hydrogens is 338 g/mol. The minimum atomic E-state index is -0.393. The lowest BCUT2D eigenvalue weighted by Crippen LogP contribution is -2.15. The molecule has 3 rings (SSSR count). The molecule has 0 radical (unpaired) electrons. The number of aryl methyl sites for hydroxylation is 3. The molecule has 2 heterocycles. The van der Waals surface area contributed by atoms with Gasteiger partial charge in [0.25, 0.3) is 11.8 Å². The monoisotopic (exact) mass is 355 g/mol. The van der Waals surface area contributed by atoms with Crippen molar-refractivity contribution in [1.29, 1.82) is 0 Å². The van der Waals surface area contributed by atoms with E-state index in [9.17, 15) is 9.59 Å². The lowest BCUT2D eigenvalue weighted by Gasteiger charge is -2.11. The van der Waals surface area contributed by atoms with Gasteiger partial charge in [-0.2, -0.15) is 4.98 Å². The largest absolute Gasteiger partial charge is 0.431 e. The van der Waals surface area contributed by atoms with Crippen molar-refractivity contribution < 1.29 is 14.0 Å². The Kier molecular flexibility index (Phi) is 4.67. The van der Waals surface area contributed by atoms with E-state index >= 15 is 0 Å². The number of anilines is 2. The van der Waals surface area contributed by atoms with Gasteiger partial charge in [0.15, 0.2) is 5.69 Å². The molecule has 0 saturated carbocycles. The summed E-state index contributed by atoms with van der Waals surface area (Å²) in [5.74, 6) is -0.718. The molecule has 0 aliphatic heterocycles. The summed E-state index contributed by atoms with van der Waals surface area (Å²) in [6.45, 7) is 5.88. The highest BCUT2D eigenvalue weighted by Crippen LogP contribution is 2.23. The predicted octanol–water partition coefficient (Wildman–Crippen LogP) is 4.17. The van der Waals surface area contributed by atoms with Crippen LogP contribution in [0.2, 0.25) is 0 Å². The van der Waals surface area contributed by atoms with Crippen molar-refractivity contribution in [3.63, 3.8) is 0 Å². The second kappa shape index (κ2) is 6.90. The van der Waals surface area contributed by atoms with Crippen molar-refractivity contribution >= 4 is 34.9 Å². The normalized spacial score (nSPS) is 10.5. The van der Waals surface area contributed by atoms with E-state index in [1.165, 1.54) is 17.6 Å². The Bertz CT molecular complexity index is 906. The zero-order valence-electron chi connectivity index (χ0n) is 14.0. The topological polar surface area (TPSA) is 84.2 Å². The molecule has 0 saturated heterocycles. The third kappa shape index (κ3) is 3.77. The molecular formula is C18H17N3O3S. The maximum absolute atomic E-state index is 12.4. The highest BCUT2D eigenvalue weighted by atomic mass is 32.1. The van der Waals surface area contributed by atoms with E-state index in [-0.39, 0.29) is 17.6 Å². The Hall–Kier alpha value is -2.93. The maximum atomic E-state index is 12.4. The zero-order valence-corrected chi connectivity index (χ0v) is 14.9. The van der Waals surface area contributed by atoms with Crippen molar-refractivity contribution in [2.24, 2.45) is 0 Å². The molecule has 128 valence electrons. The lowest BCUT2D eigenvalue weighted by molar-refractivity contribution is 0.101. The average Bonchev–Trinajstić information content (AvgIpc) is 3.22. The summed E-state index contributed by atoms with van der Waals surface area (Å²) in [7, 11) is 0. The number of hydrogen-bond donors (Lipinski definition) is 2. The van der Waals surface area contributed by atoms with Crippen molar-refractivity contribution in [3.05, 3.63) is 63.2 Å². The highest BCUT2D eigenvalue weighted by molar-refractivity contribution is 7.12. The molecule has 2 N–H and O–H groups in total. The third-order valence-electron chi connectivity index (χ3n) is 3.62. The van der Waals surface area contributed by atoms with Gasteiger partial charge >= 0.3 is 6.01 Å². The number of benzene rings is 1. The number of oxazole rings is 1. The Morgan fingerprint density at radius 2 is 1.80 bits per heavy atom. The summed E-state index contributed by atoms with van der Waals surface area (Å²) in [5.41, 5.74) is 3.93. The van der Waals surface area contributed by atoms with Gasteiger partial charge in [-0.3, -0.25) is 14.9 Å². The number of thiophene rings is 1. The average molecular weight is 355 g/mol. The molecule has 3 aromatic rings. The molecule has 2 aromatic heterocycles. The Labute approximate surface area is 148 Å². The smallest absolute Gasteiger partial charge is 0.302 e. The van der Waals surface area contributed by atoms with Crippen LogP contribution in [0.4, 0.5) is 11.7 Å². The summed E-state index contributed by atoms with van der Waals surface area (Å²) in [4.78, 5) is 28.9. The summed E-state index contributed by atoms with van der Waals surface area (Å²) < 4.78 is 5.17. The Morgan fingerprint density at radius 1 is 1.08 bits per heavy atom. The molecule has 0 aliphatic rings. The van der Waals surface area contributed by atoms with Crippen LogP contribution in [-0.2, 0) is 0 Å². The lowest BCUT2D eigenvalue weighted by atomic mass is 10.1. The van der Waals surface area contributed by atoms with Gasteiger partial charge < -0.3 is 9.73 Å². The second-order valence-corrected chi connectivity index (χ2v) is 6.64. The van der Waals surface area contributed by atoms with Crippen molar-refractivity contribution in [3.8, 4) is 0 Å². The van der Waals surface area contributed by atoms with Crippen LogP contribution in [0, 0.1) is 20.8 Å². The van der Waals surface area contributed by atoms with Crippen LogP contribution in [0.3, 0.4) is 0 Å². The zero-order chi connectivity index (χ0) is 18.0. The minimum absolute atomic E-state index is 0.0131. The molecule has 25 heavy (non-hydrogen) atoms. The summed E-state index contributed by atoms with van der Waals surface area (Å²) >= 11 is 1.31. The van der Waals surface area contributed by atoms with E-state index in [0.29, 0.717) is 4.88 Å². The van der Waals surface area contributed by atoms with Gasteiger partial charge in [-0.1, -0.05) is 23.8 Å². The van der Waals surface area contributed by atoms with Gasteiger partial charge in [-0.05, 0) is 43.3 Å². The van der Waals surface area contributed by atoms with Gasteiger partial charge in [-0.15, -0.1) is 11.3 Å². The fraction of sp³-hybridized carbons (Fsp3) is 0.167. The molecule has 0 atom stereocenters. The van der Waals surface area contributed by atoms with Gasteiger partial charge in [0.1, 0.15) is 6.26 Å². The number of amides is 2. The first kappa shape index (κ1) is 16.9. The second-order valence-electron chi connectivity index (χ2n) is 5.70. The molecule has 1 aromatic carbocycles. The Balaban J connectivity index is 1.72. The van der Waals surface area contributed by atoms with Crippen LogP contribution < -0.4 is 10.6 Å². The first-order valence-electron chi connectivity index (χ1n) is 7.63. The van der Waals surface area contributed by atoms with Crippen LogP contribution in [0.1, 0.15) is 36.9 Å². The molecule has 0 unspecified atom stereocenters. The van der Waals surface area contributed by atoms with Gasteiger partial charge in [0.2, 0.25) is 0 Å². The minimum Gasteiger partial charge on any atom is -0.431 e. The highest BCUT2D eigenvalue weighted by Gasteiger charge is 2.17. The van der Waals surface area contributed by atoms with E-state index in [4.69, 9.17) is 4.42 Å². The van der Waals surface area contributed by atoms with Crippen molar-refractivity contribution in [2.75, 3.05) is 10.6 Å². The van der Waals surface area contributed by atoms with Crippen LogP contribution in [0.5, 0.6) is 0 Å². The summed E-state index contributed by atoms with van der Waals surface area (Å²) in [5, 5.41) is 7.17. The first-order valence-corrected chi connectivity index (χ1v) is 8.51. The molecule has 7 heteroatoms. The summed E-state index contributed by atoms with van der Waals surface area (Å²) in [6, 6.07) is 7.46. The molecule has 0 fully saturated rings.